The van der Waals surface area contributed by atoms with Crippen molar-refractivity contribution in [3.05, 3.63) is 112 Å². The number of amides is 2. The van der Waals surface area contributed by atoms with Crippen molar-refractivity contribution in [2.75, 3.05) is 13.2 Å². The summed E-state index contributed by atoms with van der Waals surface area (Å²) in [6, 6.07) is 27.7. The van der Waals surface area contributed by atoms with Crippen LogP contribution in [0.25, 0.3) is 10.8 Å². The molecule has 0 saturated heterocycles. The normalized spacial score (nSPS) is 11.7. The summed E-state index contributed by atoms with van der Waals surface area (Å²) in [7, 11) is 0. The summed E-state index contributed by atoms with van der Waals surface area (Å²) < 4.78 is 6.03. The van der Waals surface area contributed by atoms with Gasteiger partial charge in [-0.25, -0.2) is 0 Å². The highest BCUT2D eigenvalue weighted by atomic mass is 35.5. The predicted molar refractivity (Wildman–Crippen MR) is 154 cm³/mol. The first-order valence-electron chi connectivity index (χ1n) is 12.6. The van der Waals surface area contributed by atoms with Crippen LogP contribution in [0.1, 0.15) is 24.5 Å². The molecule has 0 radical (unpaired) electrons. The van der Waals surface area contributed by atoms with Crippen LogP contribution >= 0.6 is 23.2 Å². The van der Waals surface area contributed by atoms with Gasteiger partial charge in [-0.2, -0.15) is 0 Å². The number of hydrogen-bond acceptors (Lipinski definition) is 3. The quantitative estimate of drug-likeness (QED) is 0.227. The molecule has 1 N–H and O–H groups in total. The van der Waals surface area contributed by atoms with Crippen molar-refractivity contribution >= 4 is 45.8 Å². The van der Waals surface area contributed by atoms with Crippen molar-refractivity contribution in [1.82, 2.24) is 10.2 Å². The Morgan fingerprint density at radius 3 is 2.37 bits per heavy atom. The summed E-state index contributed by atoms with van der Waals surface area (Å²) in [5, 5.41) is 5.72. The molecule has 5 nitrogen and oxygen atoms in total. The zero-order valence-electron chi connectivity index (χ0n) is 21.2. The first-order chi connectivity index (χ1) is 18.5. The Labute approximate surface area is 233 Å². The number of rotatable bonds is 11. The average molecular weight is 549 g/mol. The van der Waals surface area contributed by atoms with Crippen molar-refractivity contribution in [3.63, 3.8) is 0 Å². The molecular formula is C31H30Cl2N2O3. The lowest BCUT2D eigenvalue weighted by Gasteiger charge is -2.31. The summed E-state index contributed by atoms with van der Waals surface area (Å²) in [5.74, 6) is 0.0897. The molecule has 1 unspecified atom stereocenters. The van der Waals surface area contributed by atoms with Crippen LogP contribution in [0.2, 0.25) is 10.0 Å². The maximum absolute atomic E-state index is 13.8. The molecule has 0 heterocycles. The minimum atomic E-state index is -0.748. The Kier molecular flexibility index (Phi) is 9.63. The Balaban J connectivity index is 1.65. The standard InChI is InChI=1S/C31H30Cl2N2O3/c1-2-17-34-31(37)28(19-22-9-4-3-5-10-22)35(20-23-15-16-26(32)27(33)18-23)30(36)21-38-29-14-8-12-24-11-6-7-13-25(24)29/h3-16,18,28H,2,17,19-21H2,1H3,(H,34,37). The Morgan fingerprint density at radius 2 is 1.61 bits per heavy atom. The van der Waals surface area contributed by atoms with Gasteiger partial charge in [0, 0.05) is 24.9 Å². The summed E-state index contributed by atoms with van der Waals surface area (Å²) in [6.07, 6.45) is 1.15. The van der Waals surface area contributed by atoms with Crippen LogP contribution in [0.4, 0.5) is 0 Å². The third-order valence-corrected chi connectivity index (χ3v) is 7.00. The third kappa shape index (κ3) is 7.06. The van der Waals surface area contributed by atoms with E-state index in [1.807, 2.05) is 85.8 Å². The van der Waals surface area contributed by atoms with Gasteiger partial charge in [0.25, 0.3) is 5.91 Å². The molecule has 1 atom stereocenters. The Morgan fingerprint density at radius 1 is 0.868 bits per heavy atom. The molecule has 0 fully saturated rings. The number of carbonyl (C=O) groups is 2. The minimum Gasteiger partial charge on any atom is -0.483 e. The molecule has 38 heavy (non-hydrogen) atoms. The van der Waals surface area contributed by atoms with Crippen LogP contribution in [0.15, 0.2) is 91.0 Å². The van der Waals surface area contributed by atoms with E-state index in [9.17, 15) is 9.59 Å². The van der Waals surface area contributed by atoms with Crippen molar-refractivity contribution in [3.8, 4) is 5.75 Å². The maximum Gasteiger partial charge on any atom is 0.261 e. The van der Waals surface area contributed by atoms with E-state index in [-0.39, 0.29) is 25.0 Å². The Bertz CT molecular complexity index is 1390. The van der Waals surface area contributed by atoms with Gasteiger partial charge in [0.1, 0.15) is 11.8 Å². The Hall–Kier alpha value is -3.54. The molecule has 0 saturated carbocycles. The molecule has 4 aromatic carbocycles. The summed E-state index contributed by atoms with van der Waals surface area (Å²) in [5.41, 5.74) is 1.71. The lowest BCUT2D eigenvalue weighted by molar-refractivity contribution is -0.142. The highest BCUT2D eigenvalue weighted by Gasteiger charge is 2.30. The zero-order chi connectivity index (χ0) is 26.9. The molecule has 0 aliphatic rings. The van der Waals surface area contributed by atoms with E-state index in [4.69, 9.17) is 27.9 Å². The fraction of sp³-hybridized carbons (Fsp3) is 0.226. The number of nitrogens with one attached hydrogen (secondary N) is 1. The molecule has 196 valence electrons. The fourth-order valence-electron chi connectivity index (χ4n) is 4.30. The first kappa shape index (κ1) is 27.5. The SMILES string of the molecule is CCCNC(=O)C(Cc1ccccc1)N(Cc1ccc(Cl)c(Cl)c1)C(=O)COc1cccc2ccccc12. The molecule has 4 rings (SSSR count). The topological polar surface area (TPSA) is 58.6 Å². The van der Waals surface area contributed by atoms with Gasteiger partial charge in [-0.3, -0.25) is 9.59 Å². The summed E-state index contributed by atoms with van der Waals surface area (Å²) in [6.45, 7) is 2.46. The van der Waals surface area contributed by atoms with Crippen molar-refractivity contribution in [2.24, 2.45) is 0 Å². The zero-order valence-corrected chi connectivity index (χ0v) is 22.7. The van der Waals surface area contributed by atoms with Gasteiger partial charge in [0.2, 0.25) is 5.91 Å². The fourth-order valence-corrected chi connectivity index (χ4v) is 4.62. The van der Waals surface area contributed by atoms with Crippen LogP contribution in [-0.4, -0.2) is 35.9 Å². The number of carbonyl (C=O) groups excluding carboxylic acids is 2. The molecule has 4 aromatic rings. The number of halogens is 2. The second-order valence-electron chi connectivity index (χ2n) is 9.03. The number of fused-ring (bicyclic) bond motifs is 1. The second-order valence-corrected chi connectivity index (χ2v) is 9.85. The van der Waals surface area contributed by atoms with Crippen LogP contribution in [0.5, 0.6) is 5.75 Å². The first-order valence-corrected chi connectivity index (χ1v) is 13.4. The molecule has 0 aliphatic carbocycles. The molecule has 0 aromatic heterocycles. The van der Waals surface area contributed by atoms with E-state index in [2.05, 4.69) is 5.32 Å². The minimum absolute atomic E-state index is 0.172. The molecule has 0 spiro atoms. The highest BCUT2D eigenvalue weighted by Crippen LogP contribution is 2.26. The van der Waals surface area contributed by atoms with Gasteiger partial charge >= 0.3 is 0 Å². The van der Waals surface area contributed by atoms with Gasteiger partial charge in [-0.05, 0) is 41.1 Å². The van der Waals surface area contributed by atoms with Crippen molar-refractivity contribution in [2.45, 2.75) is 32.4 Å². The van der Waals surface area contributed by atoms with Crippen LogP contribution in [0.3, 0.4) is 0 Å². The number of nitrogens with zero attached hydrogens (tertiary/aromatic N) is 1. The van der Waals surface area contributed by atoms with Crippen LogP contribution in [-0.2, 0) is 22.6 Å². The average Bonchev–Trinajstić information content (AvgIpc) is 2.94. The third-order valence-electron chi connectivity index (χ3n) is 6.26. The molecule has 7 heteroatoms. The maximum atomic E-state index is 13.8. The van der Waals surface area contributed by atoms with E-state index < -0.39 is 6.04 Å². The van der Waals surface area contributed by atoms with E-state index in [1.165, 1.54) is 0 Å². The second kappa shape index (κ2) is 13.3. The summed E-state index contributed by atoms with van der Waals surface area (Å²) >= 11 is 12.4. The van der Waals surface area contributed by atoms with Gasteiger partial charge in [-0.1, -0.05) is 103 Å². The largest absolute Gasteiger partial charge is 0.483 e. The lowest BCUT2D eigenvalue weighted by Crippen LogP contribution is -2.51. The van der Waals surface area contributed by atoms with Gasteiger partial charge in [0.15, 0.2) is 6.61 Å². The van der Waals surface area contributed by atoms with E-state index in [0.717, 1.165) is 28.3 Å². The van der Waals surface area contributed by atoms with Gasteiger partial charge < -0.3 is 15.0 Å². The number of ether oxygens (including phenoxy) is 1. The monoisotopic (exact) mass is 548 g/mol. The van der Waals surface area contributed by atoms with E-state index in [1.54, 1.807) is 17.0 Å². The summed E-state index contributed by atoms with van der Waals surface area (Å²) in [4.78, 5) is 28.8. The van der Waals surface area contributed by atoms with Crippen molar-refractivity contribution < 1.29 is 14.3 Å². The van der Waals surface area contributed by atoms with Crippen LogP contribution < -0.4 is 10.1 Å². The van der Waals surface area contributed by atoms with E-state index in [0.29, 0.717) is 28.8 Å². The molecule has 0 aliphatic heterocycles. The van der Waals surface area contributed by atoms with Gasteiger partial charge in [-0.15, -0.1) is 0 Å². The molecule has 2 amide bonds. The van der Waals surface area contributed by atoms with E-state index >= 15 is 0 Å². The van der Waals surface area contributed by atoms with Gasteiger partial charge in [0.05, 0.1) is 10.0 Å². The smallest absolute Gasteiger partial charge is 0.261 e. The highest BCUT2D eigenvalue weighted by molar-refractivity contribution is 6.42. The lowest BCUT2D eigenvalue weighted by atomic mass is 10.0. The molecule has 0 bridgehead atoms. The number of benzene rings is 4. The van der Waals surface area contributed by atoms with Crippen LogP contribution in [0, 0.1) is 0 Å². The molecular weight excluding hydrogens is 519 g/mol. The van der Waals surface area contributed by atoms with Crippen molar-refractivity contribution in [1.29, 1.82) is 0 Å². The number of hydrogen-bond donors (Lipinski definition) is 1. The predicted octanol–water partition coefficient (Wildman–Crippen LogP) is 6.69.